The summed E-state index contributed by atoms with van der Waals surface area (Å²) in [7, 11) is 0. The maximum atomic E-state index is 6.34. The molecular formula is C16H18ClN3O. The Morgan fingerprint density at radius 1 is 1.19 bits per heavy atom. The molecule has 4 nitrogen and oxygen atoms in total. The van der Waals surface area contributed by atoms with E-state index < -0.39 is 0 Å². The topological polar surface area (TPSA) is 43.9 Å². The number of benzene rings is 1. The maximum absolute atomic E-state index is 6.34. The van der Waals surface area contributed by atoms with E-state index in [1.807, 2.05) is 39.0 Å². The number of fused-ring (bicyclic) bond motifs is 1. The van der Waals surface area contributed by atoms with Gasteiger partial charge >= 0.3 is 0 Å². The highest BCUT2D eigenvalue weighted by Gasteiger charge is 2.24. The van der Waals surface area contributed by atoms with Crippen molar-refractivity contribution in [3.05, 3.63) is 47.1 Å². The number of nitrogens with zero attached hydrogens (tertiary/aromatic N) is 3. The molecule has 0 bridgehead atoms. The molecule has 0 saturated heterocycles. The largest absolute Gasteiger partial charge is 0.361 e. The number of aryl methyl sites for hydroxylation is 2. The van der Waals surface area contributed by atoms with Gasteiger partial charge in [-0.2, -0.15) is 0 Å². The van der Waals surface area contributed by atoms with Gasteiger partial charge in [0, 0.05) is 5.56 Å². The maximum Gasteiger partial charge on any atom is 0.139 e. The van der Waals surface area contributed by atoms with Gasteiger partial charge in [0.05, 0.1) is 28.1 Å². The minimum Gasteiger partial charge on any atom is -0.361 e. The fourth-order valence-electron chi connectivity index (χ4n) is 2.97. The molecule has 0 aliphatic carbocycles. The summed E-state index contributed by atoms with van der Waals surface area (Å²) < 4.78 is 7.49. The van der Waals surface area contributed by atoms with E-state index in [-0.39, 0.29) is 11.4 Å². The molecule has 3 aromatic rings. The third kappa shape index (κ3) is 2.23. The van der Waals surface area contributed by atoms with Crippen LogP contribution in [0.25, 0.3) is 11.0 Å². The lowest BCUT2D eigenvalue weighted by atomic mass is 10.1. The molecule has 2 unspecified atom stereocenters. The van der Waals surface area contributed by atoms with Gasteiger partial charge in [0.25, 0.3) is 0 Å². The van der Waals surface area contributed by atoms with Gasteiger partial charge in [0.15, 0.2) is 0 Å². The Morgan fingerprint density at radius 3 is 2.52 bits per heavy atom. The fraction of sp³-hybridized carbons (Fsp3) is 0.375. The highest BCUT2D eigenvalue weighted by atomic mass is 35.5. The standard InChI is InChI=1S/C16H18ClN3O/c1-9(17)16-18-13-7-5-6-8-14(13)20(16)11(3)15-10(2)19-21-12(15)4/h5-9,11H,1-4H3. The van der Waals surface area contributed by atoms with Gasteiger partial charge in [0.2, 0.25) is 0 Å². The van der Waals surface area contributed by atoms with Crippen molar-refractivity contribution in [3.8, 4) is 0 Å². The SMILES string of the molecule is Cc1noc(C)c1C(C)n1c(C(C)Cl)nc2ccccc21. The lowest BCUT2D eigenvalue weighted by molar-refractivity contribution is 0.391. The van der Waals surface area contributed by atoms with Gasteiger partial charge in [-0.1, -0.05) is 17.3 Å². The average molecular weight is 304 g/mol. The van der Waals surface area contributed by atoms with Crippen LogP contribution >= 0.6 is 11.6 Å². The Bertz CT molecular complexity index is 769. The monoisotopic (exact) mass is 303 g/mol. The summed E-state index contributed by atoms with van der Waals surface area (Å²) in [6, 6.07) is 8.15. The molecule has 5 heteroatoms. The number of imidazole rings is 1. The molecule has 0 spiro atoms. The van der Waals surface area contributed by atoms with Crippen LogP contribution in [0.1, 0.15) is 48.1 Å². The van der Waals surface area contributed by atoms with Gasteiger partial charge in [-0.15, -0.1) is 11.6 Å². The van der Waals surface area contributed by atoms with Crippen molar-refractivity contribution in [2.75, 3.05) is 0 Å². The minimum absolute atomic E-state index is 0.0693. The Morgan fingerprint density at radius 2 is 1.90 bits per heavy atom. The van der Waals surface area contributed by atoms with E-state index in [0.29, 0.717) is 0 Å². The first-order valence-electron chi connectivity index (χ1n) is 7.04. The molecule has 0 amide bonds. The summed E-state index contributed by atoms with van der Waals surface area (Å²) in [6.45, 7) is 7.97. The van der Waals surface area contributed by atoms with Gasteiger partial charge in [0.1, 0.15) is 11.6 Å². The molecule has 1 aromatic carbocycles. The lowest BCUT2D eigenvalue weighted by Gasteiger charge is -2.18. The number of halogens is 1. The fourth-order valence-corrected chi connectivity index (χ4v) is 3.12. The molecule has 2 aromatic heterocycles. The third-order valence-electron chi connectivity index (χ3n) is 3.87. The van der Waals surface area contributed by atoms with Gasteiger partial charge in [-0.05, 0) is 39.8 Å². The number of aromatic nitrogens is 3. The smallest absolute Gasteiger partial charge is 0.139 e. The number of alkyl halides is 1. The van der Waals surface area contributed by atoms with Crippen LogP contribution in [0.4, 0.5) is 0 Å². The van der Waals surface area contributed by atoms with Crippen molar-refractivity contribution in [3.63, 3.8) is 0 Å². The summed E-state index contributed by atoms with van der Waals surface area (Å²) in [5, 5.41) is 3.89. The van der Waals surface area contributed by atoms with Crippen LogP contribution in [0.15, 0.2) is 28.8 Å². The van der Waals surface area contributed by atoms with Gasteiger partial charge in [-0.25, -0.2) is 4.98 Å². The molecule has 110 valence electrons. The van der Waals surface area contributed by atoms with E-state index in [4.69, 9.17) is 16.1 Å². The summed E-state index contributed by atoms with van der Waals surface area (Å²) >= 11 is 6.34. The van der Waals surface area contributed by atoms with E-state index in [0.717, 1.165) is 33.9 Å². The van der Waals surface area contributed by atoms with Crippen molar-refractivity contribution >= 4 is 22.6 Å². The van der Waals surface area contributed by atoms with Crippen molar-refractivity contribution in [1.82, 2.24) is 14.7 Å². The Balaban J connectivity index is 2.25. The lowest BCUT2D eigenvalue weighted by Crippen LogP contribution is -2.12. The predicted molar refractivity (Wildman–Crippen MR) is 83.8 cm³/mol. The first-order valence-corrected chi connectivity index (χ1v) is 7.48. The normalized spacial score (nSPS) is 14.5. The quantitative estimate of drug-likeness (QED) is 0.667. The molecule has 3 rings (SSSR count). The zero-order valence-electron chi connectivity index (χ0n) is 12.6. The van der Waals surface area contributed by atoms with E-state index in [1.165, 1.54) is 0 Å². The van der Waals surface area contributed by atoms with Gasteiger partial charge < -0.3 is 9.09 Å². The van der Waals surface area contributed by atoms with Crippen LogP contribution in [-0.2, 0) is 0 Å². The third-order valence-corrected chi connectivity index (χ3v) is 4.07. The van der Waals surface area contributed by atoms with E-state index in [1.54, 1.807) is 0 Å². The molecule has 0 fully saturated rings. The predicted octanol–water partition coefficient (Wildman–Crippen LogP) is 4.55. The zero-order valence-corrected chi connectivity index (χ0v) is 13.3. The number of hydrogen-bond donors (Lipinski definition) is 0. The van der Waals surface area contributed by atoms with Crippen LogP contribution < -0.4 is 0 Å². The molecule has 0 aliphatic heterocycles. The van der Waals surface area contributed by atoms with Crippen LogP contribution in [-0.4, -0.2) is 14.7 Å². The summed E-state index contributed by atoms with van der Waals surface area (Å²) in [5.74, 6) is 1.70. The molecule has 21 heavy (non-hydrogen) atoms. The number of hydrogen-bond acceptors (Lipinski definition) is 3. The first-order chi connectivity index (χ1) is 10.0. The van der Waals surface area contributed by atoms with Crippen LogP contribution in [0.2, 0.25) is 0 Å². The second-order valence-corrected chi connectivity index (χ2v) is 6.01. The van der Waals surface area contributed by atoms with Crippen molar-refractivity contribution in [2.24, 2.45) is 0 Å². The molecule has 2 atom stereocenters. The summed E-state index contributed by atoms with van der Waals surface area (Å²) in [6.07, 6.45) is 0. The molecule has 2 heterocycles. The van der Waals surface area contributed by atoms with E-state index >= 15 is 0 Å². The second kappa shape index (κ2) is 5.19. The van der Waals surface area contributed by atoms with E-state index in [2.05, 4.69) is 27.7 Å². The van der Waals surface area contributed by atoms with Crippen molar-refractivity contribution < 1.29 is 4.52 Å². The molecular weight excluding hydrogens is 286 g/mol. The molecule has 0 N–H and O–H groups in total. The molecule has 0 radical (unpaired) electrons. The van der Waals surface area contributed by atoms with Crippen LogP contribution in [0, 0.1) is 13.8 Å². The highest BCUT2D eigenvalue weighted by Crippen LogP contribution is 2.33. The minimum atomic E-state index is -0.166. The van der Waals surface area contributed by atoms with Crippen LogP contribution in [0.5, 0.6) is 0 Å². The zero-order chi connectivity index (χ0) is 15.1. The number of rotatable bonds is 3. The van der Waals surface area contributed by atoms with Crippen molar-refractivity contribution in [1.29, 1.82) is 0 Å². The van der Waals surface area contributed by atoms with Crippen molar-refractivity contribution in [2.45, 2.75) is 39.1 Å². The summed E-state index contributed by atoms with van der Waals surface area (Å²) in [5.41, 5.74) is 4.04. The Labute approximate surface area is 128 Å². The molecule has 0 aliphatic rings. The summed E-state index contributed by atoms with van der Waals surface area (Å²) in [4.78, 5) is 4.68. The van der Waals surface area contributed by atoms with Gasteiger partial charge in [-0.3, -0.25) is 0 Å². The first kappa shape index (κ1) is 14.1. The molecule has 0 saturated carbocycles. The number of para-hydroxylation sites is 2. The Hall–Kier alpha value is -1.81. The Kier molecular flexibility index (Phi) is 3.49. The van der Waals surface area contributed by atoms with Crippen LogP contribution in [0.3, 0.4) is 0 Å². The van der Waals surface area contributed by atoms with E-state index in [9.17, 15) is 0 Å². The second-order valence-electron chi connectivity index (χ2n) is 5.36. The highest BCUT2D eigenvalue weighted by molar-refractivity contribution is 6.20. The average Bonchev–Trinajstić information content (AvgIpc) is 2.99.